The third-order valence-corrected chi connectivity index (χ3v) is 6.50. The first-order valence-corrected chi connectivity index (χ1v) is 10.3. The summed E-state index contributed by atoms with van der Waals surface area (Å²) in [6.07, 6.45) is 13.7. The van der Waals surface area contributed by atoms with Crippen LogP contribution in [0.4, 0.5) is 11.5 Å². The normalized spacial score (nSPS) is 23.3. The zero-order chi connectivity index (χ0) is 18.9. The van der Waals surface area contributed by atoms with E-state index in [2.05, 4.69) is 20.9 Å². The Bertz CT molecular complexity index is 933. The number of hydrogen-bond donors (Lipinski definition) is 1. The molecule has 2 aliphatic rings. The Labute approximate surface area is 164 Å². The quantitative estimate of drug-likeness (QED) is 0.675. The van der Waals surface area contributed by atoms with Gasteiger partial charge in [0.2, 0.25) is 6.41 Å². The number of benzene rings is 1. The molecule has 3 aromatic rings. The van der Waals surface area contributed by atoms with Gasteiger partial charge in [-0.25, -0.2) is 4.98 Å². The van der Waals surface area contributed by atoms with Gasteiger partial charge in [0.1, 0.15) is 5.58 Å². The summed E-state index contributed by atoms with van der Waals surface area (Å²) in [5.41, 5.74) is 2.97. The fourth-order valence-corrected chi connectivity index (χ4v) is 4.99. The van der Waals surface area contributed by atoms with E-state index in [1.807, 2.05) is 18.4 Å². The van der Waals surface area contributed by atoms with Gasteiger partial charge in [-0.1, -0.05) is 6.42 Å². The van der Waals surface area contributed by atoms with Gasteiger partial charge < -0.3 is 14.3 Å². The minimum atomic E-state index is 0.511. The van der Waals surface area contributed by atoms with Crippen LogP contribution in [-0.2, 0) is 4.79 Å². The van der Waals surface area contributed by atoms with E-state index in [1.54, 1.807) is 17.4 Å². The maximum absolute atomic E-state index is 11.7. The van der Waals surface area contributed by atoms with E-state index in [0.29, 0.717) is 11.7 Å². The second kappa shape index (κ2) is 7.43. The number of imidazole rings is 1. The van der Waals surface area contributed by atoms with Crippen molar-refractivity contribution in [1.29, 1.82) is 0 Å². The average Bonchev–Trinajstić information content (AvgIpc) is 3.35. The van der Waals surface area contributed by atoms with E-state index in [0.717, 1.165) is 29.1 Å². The van der Waals surface area contributed by atoms with Gasteiger partial charge in [0, 0.05) is 23.2 Å². The molecule has 4 heterocycles. The summed E-state index contributed by atoms with van der Waals surface area (Å²) in [4.78, 5) is 23.1. The highest BCUT2D eigenvalue weighted by atomic mass is 16.3. The van der Waals surface area contributed by atoms with Crippen LogP contribution in [0.3, 0.4) is 0 Å². The van der Waals surface area contributed by atoms with Crippen molar-refractivity contribution in [3.05, 3.63) is 42.5 Å². The lowest BCUT2D eigenvalue weighted by molar-refractivity contribution is -0.106. The zero-order valence-corrected chi connectivity index (χ0v) is 16.0. The van der Waals surface area contributed by atoms with Crippen LogP contribution in [0.15, 0.2) is 41.4 Å². The molecule has 1 amide bonds. The third-order valence-electron chi connectivity index (χ3n) is 6.50. The molecule has 6 heteroatoms. The summed E-state index contributed by atoms with van der Waals surface area (Å²) in [5.74, 6) is 1.10. The highest BCUT2D eigenvalue weighted by Gasteiger charge is 2.29. The minimum absolute atomic E-state index is 0.511. The van der Waals surface area contributed by atoms with Crippen molar-refractivity contribution in [2.24, 2.45) is 0 Å². The molecule has 2 saturated heterocycles. The Morgan fingerprint density at radius 3 is 3.00 bits per heavy atom. The number of fused-ring (bicyclic) bond motifs is 2. The number of hydrogen-bond acceptors (Lipinski definition) is 4. The molecule has 0 radical (unpaired) electrons. The fourth-order valence-electron chi connectivity index (χ4n) is 4.99. The van der Waals surface area contributed by atoms with Gasteiger partial charge in [0.15, 0.2) is 5.82 Å². The van der Waals surface area contributed by atoms with Crippen LogP contribution in [0.5, 0.6) is 0 Å². The number of aromatic amines is 1. The standard InChI is InChI=1S/C22H26N4O2/c27-15-26(22-12-23-14-24-22)18-6-7-21-19(11-18)20(13-28-21)16-4-5-17-3-1-2-9-25(17)10-8-16/h6-7,11-17H,1-5,8-10H2,(H,23,24). The maximum atomic E-state index is 11.7. The van der Waals surface area contributed by atoms with Crippen molar-refractivity contribution in [2.75, 3.05) is 18.0 Å². The number of amides is 1. The summed E-state index contributed by atoms with van der Waals surface area (Å²) in [6.45, 7) is 2.43. The molecule has 0 spiro atoms. The molecule has 0 aliphatic carbocycles. The Balaban J connectivity index is 1.46. The molecule has 6 nitrogen and oxygen atoms in total. The summed E-state index contributed by atoms with van der Waals surface area (Å²) in [7, 11) is 0. The first-order valence-electron chi connectivity index (χ1n) is 10.3. The van der Waals surface area contributed by atoms with Crippen molar-refractivity contribution in [3.63, 3.8) is 0 Å². The molecule has 1 aromatic carbocycles. The lowest BCUT2D eigenvalue weighted by Gasteiger charge is -2.33. The smallest absolute Gasteiger partial charge is 0.219 e. The van der Waals surface area contributed by atoms with Crippen LogP contribution >= 0.6 is 0 Å². The average molecular weight is 378 g/mol. The van der Waals surface area contributed by atoms with E-state index in [-0.39, 0.29) is 0 Å². The molecule has 2 atom stereocenters. The molecular weight excluding hydrogens is 352 g/mol. The summed E-state index contributed by atoms with van der Waals surface area (Å²) < 4.78 is 5.88. The van der Waals surface area contributed by atoms with E-state index >= 15 is 0 Å². The maximum Gasteiger partial charge on any atom is 0.219 e. The van der Waals surface area contributed by atoms with Crippen LogP contribution in [0, 0.1) is 0 Å². The molecule has 2 aromatic heterocycles. The molecular formula is C22H26N4O2. The van der Waals surface area contributed by atoms with E-state index in [9.17, 15) is 4.79 Å². The van der Waals surface area contributed by atoms with Crippen LogP contribution < -0.4 is 4.90 Å². The van der Waals surface area contributed by atoms with Crippen molar-refractivity contribution in [3.8, 4) is 0 Å². The predicted octanol–water partition coefficient (Wildman–Crippen LogP) is 4.57. The highest BCUT2D eigenvalue weighted by Crippen LogP contribution is 2.39. The molecule has 1 N–H and O–H groups in total. The SMILES string of the molecule is O=CN(c1ccc2occ(C3CCC4CCCCN4CC3)c2c1)c1c[nH]cn1. The highest BCUT2D eigenvalue weighted by molar-refractivity contribution is 5.91. The number of nitrogens with one attached hydrogen (secondary N) is 1. The first kappa shape index (κ1) is 17.5. The predicted molar refractivity (Wildman–Crippen MR) is 109 cm³/mol. The number of furan rings is 1. The first-order chi connectivity index (χ1) is 13.8. The second-order valence-corrected chi connectivity index (χ2v) is 8.02. The van der Waals surface area contributed by atoms with Crippen molar-refractivity contribution in [2.45, 2.75) is 50.5 Å². The van der Waals surface area contributed by atoms with Crippen molar-refractivity contribution >= 4 is 28.9 Å². The Morgan fingerprint density at radius 2 is 2.14 bits per heavy atom. The molecule has 2 unspecified atom stereocenters. The number of H-pyrrole nitrogens is 1. The number of piperidine rings is 1. The molecule has 0 bridgehead atoms. The second-order valence-electron chi connectivity index (χ2n) is 8.02. The lowest BCUT2D eigenvalue weighted by atomic mass is 9.90. The summed E-state index contributed by atoms with van der Waals surface area (Å²) in [5, 5.41) is 1.12. The van der Waals surface area contributed by atoms with Crippen LogP contribution in [-0.4, -0.2) is 40.4 Å². The van der Waals surface area contributed by atoms with Gasteiger partial charge >= 0.3 is 0 Å². The van der Waals surface area contributed by atoms with Crippen LogP contribution in [0.1, 0.15) is 50.0 Å². The van der Waals surface area contributed by atoms with Gasteiger partial charge in [-0.05, 0) is 69.3 Å². The van der Waals surface area contributed by atoms with Crippen LogP contribution in [0.25, 0.3) is 11.0 Å². The van der Waals surface area contributed by atoms with Crippen molar-refractivity contribution in [1.82, 2.24) is 14.9 Å². The molecule has 146 valence electrons. The Hall–Kier alpha value is -2.60. The van der Waals surface area contributed by atoms with Gasteiger partial charge in [-0.2, -0.15) is 0 Å². The van der Waals surface area contributed by atoms with E-state index < -0.39 is 0 Å². The largest absolute Gasteiger partial charge is 0.464 e. The summed E-state index contributed by atoms with van der Waals surface area (Å²) in [6, 6.07) is 6.69. The Kier molecular flexibility index (Phi) is 4.64. The summed E-state index contributed by atoms with van der Waals surface area (Å²) >= 11 is 0. The number of nitrogens with zero attached hydrogens (tertiary/aromatic N) is 3. The van der Waals surface area contributed by atoms with E-state index in [1.165, 1.54) is 57.2 Å². The zero-order valence-electron chi connectivity index (χ0n) is 16.0. The van der Waals surface area contributed by atoms with Gasteiger partial charge in [-0.15, -0.1) is 0 Å². The number of carbonyl (C=O) groups is 1. The minimum Gasteiger partial charge on any atom is -0.464 e. The van der Waals surface area contributed by atoms with E-state index in [4.69, 9.17) is 4.42 Å². The molecule has 28 heavy (non-hydrogen) atoms. The van der Waals surface area contributed by atoms with Crippen molar-refractivity contribution < 1.29 is 9.21 Å². The van der Waals surface area contributed by atoms with Gasteiger partial charge in [0.25, 0.3) is 0 Å². The molecule has 2 aliphatic heterocycles. The monoisotopic (exact) mass is 378 g/mol. The molecule has 0 saturated carbocycles. The number of carbonyl (C=O) groups excluding carboxylic acids is 1. The molecule has 2 fully saturated rings. The molecule has 5 rings (SSSR count). The fraction of sp³-hybridized carbons (Fsp3) is 0.455. The number of anilines is 2. The third kappa shape index (κ3) is 3.11. The topological polar surface area (TPSA) is 65.4 Å². The van der Waals surface area contributed by atoms with Gasteiger partial charge in [-0.3, -0.25) is 9.69 Å². The lowest BCUT2D eigenvalue weighted by Crippen LogP contribution is -2.38. The number of aromatic nitrogens is 2. The Morgan fingerprint density at radius 1 is 1.18 bits per heavy atom. The van der Waals surface area contributed by atoms with Crippen LogP contribution in [0.2, 0.25) is 0 Å². The van der Waals surface area contributed by atoms with Gasteiger partial charge in [0.05, 0.1) is 18.3 Å². The number of rotatable bonds is 4.